The second-order valence-electron chi connectivity index (χ2n) is 3.94. The summed E-state index contributed by atoms with van der Waals surface area (Å²) in [7, 11) is 0. The summed E-state index contributed by atoms with van der Waals surface area (Å²) < 4.78 is 13.5. The monoisotopic (exact) mass is 235 g/mol. The Labute approximate surface area is 99.2 Å². The van der Waals surface area contributed by atoms with Gasteiger partial charge < -0.3 is 11.1 Å². The molecule has 1 amide bonds. The van der Waals surface area contributed by atoms with Crippen LogP contribution in [0.3, 0.4) is 0 Å². The smallest absolute Gasteiger partial charge is 0.228 e. The summed E-state index contributed by atoms with van der Waals surface area (Å²) in [6.45, 7) is 3.38. The van der Waals surface area contributed by atoms with Crippen LogP contribution in [0.5, 0.6) is 0 Å². The zero-order chi connectivity index (χ0) is 13.0. The number of carbonyl (C=O) groups is 1. The number of nitrogens with one attached hydrogen (secondary N) is 1. The molecule has 5 heteroatoms. The van der Waals surface area contributed by atoms with Crippen molar-refractivity contribution in [1.29, 1.82) is 5.26 Å². The first-order valence-electron chi connectivity index (χ1n) is 5.21. The normalized spacial score (nSPS) is 13.6. The van der Waals surface area contributed by atoms with Crippen LogP contribution in [0, 0.1) is 23.1 Å². The van der Waals surface area contributed by atoms with Gasteiger partial charge in [-0.15, -0.1) is 0 Å². The van der Waals surface area contributed by atoms with Crippen molar-refractivity contribution in [3.8, 4) is 6.07 Å². The maximum absolute atomic E-state index is 13.5. The van der Waals surface area contributed by atoms with Crippen molar-refractivity contribution in [2.45, 2.75) is 19.9 Å². The van der Waals surface area contributed by atoms with Gasteiger partial charge in [-0.05, 0) is 25.1 Å². The molecule has 0 heterocycles. The SMILES string of the molecule is CC(N)C(C)C(=O)Nc1ccc(C#N)cc1F. The van der Waals surface area contributed by atoms with E-state index in [0.29, 0.717) is 0 Å². The van der Waals surface area contributed by atoms with E-state index < -0.39 is 11.7 Å². The second kappa shape index (κ2) is 5.41. The van der Waals surface area contributed by atoms with Gasteiger partial charge in [0, 0.05) is 6.04 Å². The van der Waals surface area contributed by atoms with Crippen LogP contribution in [0.15, 0.2) is 18.2 Å². The second-order valence-corrected chi connectivity index (χ2v) is 3.94. The van der Waals surface area contributed by atoms with E-state index in [1.54, 1.807) is 13.8 Å². The molecule has 0 bridgehead atoms. The number of carbonyl (C=O) groups excluding carboxylic acids is 1. The fraction of sp³-hybridized carbons (Fsp3) is 0.333. The van der Waals surface area contributed by atoms with Crippen molar-refractivity contribution in [2.24, 2.45) is 11.7 Å². The fourth-order valence-electron chi connectivity index (χ4n) is 1.17. The predicted molar refractivity (Wildman–Crippen MR) is 62.6 cm³/mol. The Kier molecular flexibility index (Phi) is 4.18. The number of hydrogen-bond donors (Lipinski definition) is 2. The highest BCUT2D eigenvalue weighted by Crippen LogP contribution is 2.16. The van der Waals surface area contributed by atoms with E-state index in [1.165, 1.54) is 12.1 Å². The molecule has 2 unspecified atom stereocenters. The Morgan fingerprint density at radius 1 is 1.53 bits per heavy atom. The Bertz CT molecular complexity index is 465. The van der Waals surface area contributed by atoms with Gasteiger partial charge in [0.15, 0.2) is 0 Å². The lowest BCUT2D eigenvalue weighted by atomic mass is 10.0. The highest BCUT2D eigenvalue weighted by Gasteiger charge is 2.18. The van der Waals surface area contributed by atoms with E-state index in [1.807, 2.05) is 6.07 Å². The van der Waals surface area contributed by atoms with Gasteiger partial charge in [0.05, 0.1) is 23.2 Å². The summed E-state index contributed by atoms with van der Waals surface area (Å²) in [5.74, 6) is -1.39. The maximum Gasteiger partial charge on any atom is 0.228 e. The van der Waals surface area contributed by atoms with Crippen LogP contribution < -0.4 is 11.1 Å². The van der Waals surface area contributed by atoms with Crippen LogP contribution in [0.1, 0.15) is 19.4 Å². The van der Waals surface area contributed by atoms with Crippen molar-refractivity contribution >= 4 is 11.6 Å². The third-order valence-electron chi connectivity index (χ3n) is 2.56. The number of anilines is 1. The van der Waals surface area contributed by atoms with Crippen molar-refractivity contribution in [3.63, 3.8) is 0 Å². The Morgan fingerprint density at radius 3 is 2.65 bits per heavy atom. The lowest BCUT2D eigenvalue weighted by Gasteiger charge is -2.15. The van der Waals surface area contributed by atoms with Crippen molar-refractivity contribution in [1.82, 2.24) is 0 Å². The van der Waals surface area contributed by atoms with Gasteiger partial charge in [-0.2, -0.15) is 5.26 Å². The van der Waals surface area contributed by atoms with Crippen molar-refractivity contribution in [3.05, 3.63) is 29.6 Å². The minimum atomic E-state index is -0.630. The van der Waals surface area contributed by atoms with Crippen molar-refractivity contribution in [2.75, 3.05) is 5.32 Å². The Balaban J connectivity index is 2.83. The molecule has 0 spiro atoms. The summed E-state index contributed by atoms with van der Waals surface area (Å²) in [4.78, 5) is 11.6. The number of amides is 1. The molecule has 90 valence electrons. The van der Waals surface area contributed by atoms with Gasteiger partial charge in [-0.1, -0.05) is 6.92 Å². The molecule has 0 aliphatic carbocycles. The highest BCUT2D eigenvalue weighted by atomic mass is 19.1. The molecular formula is C12H14FN3O. The van der Waals surface area contributed by atoms with E-state index in [4.69, 9.17) is 11.0 Å². The molecule has 0 aliphatic heterocycles. The molecule has 0 aliphatic rings. The zero-order valence-electron chi connectivity index (χ0n) is 9.70. The molecule has 2 atom stereocenters. The van der Waals surface area contributed by atoms with Crippen LogP contribution >= 0.6 is 0 Å². The number of halogens is 1. The summed E-state index contributed by atoms with van der Waals surface area (Å²) in [5.41, 5.74) is 5.84. The van der Waals surface area contributed by atoms with Crippen LogP contribution in [0.4, 0.5) is 10.1 Å². The summed E-state index contributed by atoms with van der Waals surface area (Å²) in [5, 5.41) is 11.0. The minimum absolute atomic E-state index is 0.0569. The quantitative estimate of drug-likeness (QED) is 0.835. The lowest BCUT2D eigenvalue weighted by molar-refractivity contribution is -0.119. The van der Waals surface area contributed by atoms with E-state index in [9.17, 15) is 9.18 Å². The maximum atomic E-state index is 13.5. The first-order chi connectivity index (χ1) is 7.95. The first-order valence-corrected chi connectivity index (χ1v) is 5.21. The number of rotatable bonds is 3. The fourth-order valence-corrected chi connectivity index (χ4v) is 1.17. The summed E-state index contributed by atoms with van der Waals surface area (Å²) in [6.07, 6.45) is 0. The molecule has 4 nitrogen and oxygen atoms in total. The van der Waals surface area contributed by atoms with Crippen molar-refractivity contribution < 1.29 is 9.18 Å². The molecule has 1 rings (SSSR count). The standard InChI is InChI=1S/C12H14FN3O/c1-7(8(2)15)12(17)16-11-4-3-9(6-14)5-10(11)13/h3-5,7-8H,15H2,1-2H3,(H,16,17). The van der Waals surface area contributed by atoms with E-state index in [0.717, 1.165) is 6.07 Å². The third kappa shape index (κ3) is 3.26. The molecule has 0 aromatic heterocycles. The predicted octanol–water partition coefficient (Wildman–Crippen LogP) is 1.62. The molecule has 0 saturated carbocycles. The average Bonchev–Trinajstić information content (AvgIpc) is 2.30. The number of nitriles is 1. The molecule has 0 fully saturated rings. The third-order valence-corrected chi connectivity index (χ3v) is 2.56. The Hall–Kier alpha value is -1.93. The molecule has 0 saturated heterocycles. The van der Waals surface area contributed by atoms with E-state index in [2.05, 4.69) is 5.32 Å². The molecular weight excluding hydrogens is 221 g/mol. The minimum Gasteiger partial charge on any atom is -0.327 e. The Morgan fingerprint density at radius 2 is 2.18 bits per heavy atom. The number of benzene rings is 1. The molecule has 1 aromatic rings. The van der Waals surface area contributed by atoms with Crippen LogP contribution in [-0.4, -0.2) is 11.9 Å². The summed E-state index contributed by atoms with van der Waals surface area (Å²) in [6, 6.07) is 5.38. The number of hydrogen-bond acceptors (Lipinski definition) is 3. The number of nitrogens with zero attached hydrogens (tertiary/aromatic N) is 1. The van der Waals surface area contributed by atoms with Gasteiger partial charge >= 0.3 is 0 Å². The van der Waals surface area contributed by atoms with Gasteiger partial charge in [0.2, 0.25) is 5.91 Å². The largest absolute Gasteiger partial charge is 0.327 e. The highest BCUT2D eigenvalue weighted by molar-refractivity contribution is 5.92. The molecule has 17 heavy (non-hydrogen) atoms. The molecule has 0 radical (unpaired) electrons. The van der Waals surface area contributed by atoms with E-state index in [-0.39, 0.29) is 23.2 Å². The first kappa shape index (κ1) is 13.1. The topological polar surface area (TPSA) is 78.9 Å². The molecule has 3 N–H and O–H groups in total. The average molecular weight is 235 g/mol. The van der Waals surface area contributed by atoms with Gasteiger partial charge in [-0.3, -0.25) is 4.79 Å². The van der Waals surface area contributed by atoms with Gasteiger partial charge in [0.1, 0.15) is 5.82 Å². The van der Waals surface area contributed by atoms with Gasteiger partial charge in [0.25, 0.3) is 0 Å². The van der Waals surface area contributed by atoms with Crippen LogP contribution in [-0.2, 0) is 4.79 Å². The van der Waals surface area contributed by atoms with Gasteiger partial charge in [-0.25, -0.2) is 4.39 Å². The summed E-state index contributed by atoms with van der Waals surface area (Å²) >= 11 is 0. The lowest BCUT2D eigenvalue weighted by Crippen LogP contribution is -2.34. The van der Waals surface area contributed by atoms with Crippen LogP contribution in [0.25, 0.3) is 0 Å². The zero-order valence-corrected chi connectivity index (χ0v) is 9.70. The van der Waals surface area contributed by atoms with Crippen LogP contribution in [0.2, 0.25) is 0 Å². The molecule has 1 aromatic carbocycles. The van der Waals surface area contributed by atoms with E-state index >= 15 is 0 Å². The number of nitrogens with two attached hydrogens (primary N) is 1.